The molecule has 722 valence electrons. The van der Waals surface area contributed by atoms with Gasteiger partial charge in [-0.2, -0.15) is 0 Å². The van der Waals surface area contributed by atoms with E-state index in [9.17, 15) is 78.6 Å². The lowest BCUT2D eigenvalue weighted by molar-refractivity contribution is -0.158. The van der Waals surface area contributed by atoms with E-state index in [-0.39, 0.29) is 134 Å². The molecule has 10 aliphatic carbocycles. The van der Waals surface area contributed by atoms with E-state index in [1.165, 1.54) is 53.2 Å². The average molecular weight is 1820 g/mol. The maximum Gasteiger partial charge on any atom is 0.338 e. The Morgan fingerprint density at radius 1 is 0.318 bits per heavy atom. The van der Waals surface area contributed by atoms with Crippen LogP contribution in [0.5, 0.6) is 0 Å². The van der Waals surface area contributed by atoms with E-state index >= 15 is 0 Å². The number of aliphatic hydroxyl groups is 3. The Labute approximate surface area is 784 Å². The van der Waals surface area contributed by atoms with Gasteiger partial charge in [-0.3, -0.25) is 24.0 Å². The number of benzene rings is 5. The van der Waals surface area contributed by atoms with Crippen LogP contribution < -0.4 is 0 Å². The second kappa shape index (κ2) is 39.5. The van der Waals surface area contributed by atoms with Crippen LogP contribution in [0.1, 0.15) is 439 Å². The lowest BCUT2D eigenvalue weighted by Crippen LogP contribution is -2.53. The fraction of sp³-hybridized carbons (Fsp3) is 0.643. The molecule has 0 saturated heterocycles. The van der Waals surface area contributed by atoms with E-state index in [0.29, 0.717) is 40.2 Å². The number of Topliss-reactive ketones (excluding diaryl/α,β-unsaturated/α-hetero) is 3. The average Bonchev–Trinajstić information content (AvgIpc) is 0.742. The highest BCUT2D eigenvalue weighted by molar-refractivity contribution is 5.95. The number of carboxylic acids is 4. The number of esters is 3. The second-order valence-electron chi connectivity index (χ2n) is 44.9. The number of ketones is 3. The number of hydrogen-bond acceptors (Lipinski definition) is 16. The first-order valence-electron chi connectivity index (χ1n) is 49.3. The minimum absolute atomic E-state index is 0.00968. The molecule has 0 bridgehead atoms. The molecule has 5 aromatic rings. The van der Waals surface area contributed by atoms with E-state index in [1.54, 1.807) is 6.92 Å². The molecule has 5 saturated carbocycles. The number of fused-ring (bicyclic) bond motifs is 15. The van der Waals surface area contributed by atoms with Gasteiger partial charge in [0.05, 0.1) is 59.5 Å². The van der Waals surface area contributed by atoms with E-state index in [0.717, 1.165) is 199 Å². The van der Waals surface area contributed by atoms with Crippen LogP contribution in [0.15, 0.2) is 60.7 Å². The maximum atomic E-state index is 12.7. The van der Waals surface area contributed by atoms with Crippen molar-refractivity contribution in [2.45, 2.75) is 363 Å². The molecular weight excluding hydrogens is 1670 g/mol. The SMILES string of the molecule is CC(=O)C1(C)CCCC2(C)c3cc(C(=O)OCCO)c(C(C)C)cc3CCC12.CC(C)c1cc2c(cc1C(=O)O)C1(C)CCCC(C)(C(=O)CO)C1CC2.CC(C)c1cc2c(cc1C(=O)O)C1(C)CCCC(C)(C(=O)O)C1CC2.COC(=O)c1cc2c(cc1C(C)C)CCC1C(C)(C(=O)CO)CCCC21C.COC(=O)c1cc2c(cc1C(C)C)CCC1C(C)(C(=O)O)CCCC21C. The fourth-order valence-electron chi connectivity index (χ4n) is 28.4. The molecule has 0 radical (unpaired) electrons. The number of rotatable bonds is 19. The fourth-order valence-corrected chi connectivity index (χ4v) is 28.4. The molecule has 0 aromatic heterocycles. The molecule has 0 spiro atoms. The van der Waals surface area contributed by atoms with Crippen LogP contribution >= 0.6 is 0 Å². The number of ether oxygens (including phenoxy) is 3. The summed E-state index contributed by atoms with van der Waals surface area (Å²) in [5, 5.41) is 67.3. The third-order valence-corrected chi connectivity index (χ3v) is 35.9. The third-order valence-electron chi connectivity index (χ3n) is 35.9. The van der Waals surface area contributed by atoms with Gasteiger partial charge < -0.3 is 50.0 Å². The second-order valence-corrected chi connectivity index (χ2v) is 44.9. The summed E-state index contributed by atoms with van der Waals surface area (Å²) in [4.78, 5) is 123. The first-order chi connectivity index (χ1) is 61.7. The summed E-state index contributed by atoms with van der Waals surface area (Å²) in [6.07, 6.45) is 22.6. The highest BCUT2D eigenvalue weighted by Crippen LogP contribution is 2.64. The monoisotopic (exact) mass is 1820 g/mol. The molecule has 0 heterocycles. The zero-order chi connectivity index (χ0) is 97.8. The zero-order valence-electron chi connectivity index (χ0n) is 83.5. The molecule has 7 N–H and O–H groups in total. The van der Waals surface area contributed by atoms with Crippen molar-refractivity contribution in [1.82, 2.24) is 0 Å². The van der Waals surface area contributed by atoms with E-state index in [2.05, 4.69) is 113 Å². The van der Waals surface area contributed by atoms with Crippen molar-refractivity contribution < 1.29 is 97.9 Å². The van der Waals surface area contributed by atoms with E-state index < -0.39 is 58.8 Å². The molecule has 5 aromatic carbocycles. The Kier molecular flexibility index (Phi) is 31.1. The summed E-state index contributed by atoms with van der Waals surface area (Å²) in [5.74, 6) is -2.25. The summed E-state index contributed by atoms with van der Waals surface area (Å²) >= 11 is 0. The number of carboxylic acid groups (broad SMARTS) is 4. The number of aryl methyl sites for hydroxylation is 5. The van der Waals surface area contributed by atoms with Crippen LogP contribution in [0.3, 0.4) is 0 Å². The Balaban J connectivity index is 0.000000159. The van der Waals surface area contributed by atoms with E-state index in [4.69, 9.17) is 19.3 Å². The molecule has 132 heavy (non-hydrogen) atoms. The van der Waals surface area contributed by atoms with Gasteiger partial charge in [0.25, 0.3) is 0 Å². The summed E-state index contributed by atoms with van der Waals surface area (Å²) in [6.45, 7) is 42.4. The molecule has 15 unspecified atom stereocenters. The molecule has 15 rings (SSSR count). The van der Waals surface area contributed by atoms with Crippen molar-refractivity contribution in [2.24, 2.45) is 56.7 Å². The molecule has 10 aliphatic rings. The quantitative estimate of drug-likeness (QED) is 0.0298. The van der Waals surface area contributed by atoms with Gasteiger partial charge in [-0.25, -0.2) is 24.0 Å². The van der Waals surface area contributed by atoms with Gasteiger partial charge in [0.15, 0.2) is 11.6 Å². The minimum atomic E-state index is -0.894. The molecule has 0 amide bonds. The topological polar surface area (TPSA) is 340 Å². The summed E-state index contributed by atoms with van der Waals surface area (Å²) < 4.78 is 15.4. The highest BCUT2D eigenvalue weighted by atomic mass is 16.5. The number of carbonyl (C=O) groups is 10. The Hall–Kier alpha value is -8.72. The number of hydrogen-bond donors (Lipinski definition) is 7. The van der Waals surface area contributed by atoms with Gasteiger partial charge in [0.1, 0.15) is 25.6 Å². The van der Waals surface area contributed by atoms with Crippen molar-refractivity contribution in [3.8, 4) is 0 Å². The van der Waals surface area contributed by atoms with Crippen molar-refractivity contribution in [2.75, 3.05) is 40.6 Å². The van der Waals surface area contributed by atoms with Crippen molar-refractivity contribution in [1.29, 1.82) is 0 Å². The summed E-state index contributed by atoms with van der Waals surface area (Å²) in [5.41, 5.74) is 15.8. The Morgan fingerprint density at radius 2 is 0.538 bits per heavy atom. The van der Waals surface area contributed by atoms with Crippen molar-refractivity contribution in [3.63, 3.8) is 0 Å². The summed E-state index contributed by atoms with van der Waals surface area (Å²) in [7, 11) is 2.84. The van der Waals surface area contributed by atoms with Gasteiger partial charge in [0.2, 0.25) is 0 Å². The largest absolute Gasteiger partial charge is 0.481 e. The number of aliphatic hydroxyl groups excluding tert-OH is 3. The highest BCUT2D eigenvalue weighted by Gasteiger charge is 2.61. The first kappa shape index (κ1) is 104. The number of carbonyl (C=O) groups excluding carboxylic acids is 6. The minimum Gasteiger partial charge on any atom is -0.481 e. The lowest BCUT2D eigenvalue weighted by atomic mass is 9.48. The van der Waals surface area contributed by atoms with Gasteiger partial charge in [-0.15, -0.1) is 0 Å². The zero-order valence-corrected chi connectivity index (χ0v) is 83.5. The van der Waals surface area contributed by atoms with Gasteiger partial charge in [-0.1, -0.05) is 187 Å². The lowest BCUT2D eigenvalue weighted by Gasteiger charge is -2.54. The predicted octanol–water partition coefficient (Wildman–Crippen LogP) is 22.1. The van der Waals surface area contributed by atoms with Crippen LogP contribution in [0.25, 0.3) is 0 Å². The Morgan fingerprint density at radius 3 is 0.758 bits per heavy atom. The summed E-state index contributed by atoms with van der Waals surface area (Å²) in [6, 6.07) is 20.5. The van der Waals surface area contributed by atoms with Gasteiger partial charge in [-0.05, 0) is 349 Å². The molecule has 5 fully saturated rings. The molecular formula is C112H154O20. The number of aromatic carboxylic acids is 2. The predicted molar refractivity (Wildman–Crippen MR) is 512 cm³/mol. The number of aliphatic carboxylic acids is 2. The van der Waals surface area contributed by atoms with Gasteiger partial charge in [0, 0.05) is 16.2 Å². The van der Waals surface area contributed by atoms with Crippen LogP contribution in [-0.4, -0.2) is 136 Å². The van der Waals surface area contributed by atoms with Crippen LogP contribution in [0.2, 0.25) is 0 Å². The van der Waals surface area contributed by atoms with Crippen molar-refractivity contribution >= 4 is 59.1 Å². The van der Waals surface area contributed by atoms with Crippen LogP contribution in [-0.2, 0) is 97.4 Å². The Bertz CT molecular complexity index is 5270. The molecule has 15 atom stereocenters. The van der Waals surface area contributed by atoms with Crippen LogP contribution in [0, 0.1) is 56.7 Å². The normalized spacial score (nSPS) is 30.2. The molecule has 20 heteroatoms. The third kappa shape index (κ3) is 18.5. The molecule has 0 aliphatic heterocycles. The van der Waals surface area contributed by atoms with Gasteiger partial charge >= 0.3 is 41.8 Å². The van der Waals surface area contributed by atoms with Crippen molar-refractivity contribution in [3.05, 3.63) is 172 Å². The maximum absolute atomic E-state index is 12.7. The van der Waals surface area contributed by atoms with E-state index in [1.807, 2.05) is 85.7 Å². The smallest absolute Gasteiger partial charge is 0.338 e. The molecule has 20 nitrogen and oxygen atoms in total. The van der Waals surface area contributed by atoms with Crippen LogP contribution in [0.4, 0.5) is 0 Å². The number of methoxy groups -OCH3 is 2. The first-order valence-corrected chi connectivity index (χ1v) is 49.3. The standard InChI is InChI=1S/C24H34O4.C23H32O4.2C22H30O4.C21H28O4/c1-15(2)18-13-17-7-8-21-23(4,16(3)26)9-6-10-24(21,5)20(17)14-19(18)22(27)28-12-11-25;1-14(2)16-11-15-7-8-19-22(3,18(15)12-17(16)21(26)27-5)9-6-10-23(19,4)20(25)13-24;1-13(2)15-11-14-7-8-18-21(3,9-6-10-22(18,4)20(24)25)17(14)12-16(15)19(23)26-5;1-13(2)15-10-14-6-7-18-21(3,17(14)11-16(15)20(25)26)8-5-9-22(18,4)19(24)12-23;1-12(2)14-10-13-6-7-17-20(3,16(13)11-15(14)18(22)23)8-5-9-21(17,4)19(24)25/h13-15,21,25H,6-12H2,1-5H3;11-12,14,19,24H,6-10,13H2,1-5H3;11-13,18H,6-10H2,1-5H3,(H,24,25);10-11,13,18,23H,5-9,12H2,1-4H3,(H,25,26);10-12,17H,5-9H2,1-4H3,(H,22,23)(H,24,25).